The third-order valence-electron chi connectivity index (χ3n) is 4.08. The average Bonchev–Trinajstić information content (AvgIpc) is 2.91. The zero-order valence-electron chi connectivity index (χ0n) is 13.1. The maximum atomic E-state index is 13.1. The molecule has 1 aliphatic carbocycles. The number of halogens is 3. The molecule has 4 nitrogen and oxygen atoms in total. The molecule has 7 heteroatoms. The van der Waals surface area contributed by atoms with Gasteiger partial charge < -0.3 is 15.4 Å². The van der Waals surface area contributed by atoms with E-state index in [-0.39, 0.29) is 36.1 Å². The van der Waals surface area contributed by atoms with Crippen molar-refractivity contribution in [3.8, 4) is 0 Å². The number of nitrogens with zero attached hydrogens (tertiary/aromatic N) is 1. The summed E-state index contributed by atoms with van der Waals surface area (Å²) in [5, 5.41) is 0.332. The summed E-state index contributed by atoms with van der Waals surface area (Å²) in [7, 11) is 1.60. The largest absolute Gasteiger partial charge is 0.383 e. The molecule has 23 heavy (non-hydrogen) atoms. The molecule has 0 aromatic heterocycles. The summed E-state index contributed by atoms with van der Waals surface area (Å²) < 4.78 is 18.2. The summed E-state index contributed by atoms with van der Waals surface area (Å²) in [6.45, 7) is 1.28. The van der Waals surface area contributed by atoms with Crippen molar-refractivity contribution in [1.82, 2.24) is 4.90 Å². The van der Waals surface area contributed by atoms with Crippen LogP contribution in [0.3, 0.4) is 0 Å². The van der Waals surface area contributed by atoms with Gasteiger partial charge in [-0.25, -0.2) is 4.39 Å². The number of rotatable bonds is 6. The molecule has 0 aliphatic heterocycles. The highest BCUT2D eigenvalue weighted by atomic mass is 35.5. The molecule has 130 valence electrons. The van der Waals surface area contributed by atoms with Gasteiger partial charge in [0.05, 0.1) is 6.61 Å². The fourth-order valence-corrected chi connectivity index (χ4v) is 3.05. The number of hydrogen-bond donors (Lipinski definition) is 1. The molecular weight excluding hydrogens is 342 g/mol. The van der Waals surface area contributed by atoms with E-state index in [2.05, 4.69) is 0 Å². The van der Waals surface area contributed by atoms with Crippen LogP contribution in [0.1, 0.15) is 24.8 Å². The SMILES string of the molecule is COCCN(Cc1ccc(F)cc1Cl)C(=O)C1CCC(N)C1.Cl. The smallest absolute Gasteiger partial charge is 0.226 e. The number of amides is 1. The average molecular weight is 365 g/mol. The standard InChI is InChI=1S/C16H22ClFN2O2.ClH/c1-22-7-6-20(16(21)11-3-5-14(19)8-11)10-12-2-4-13(18)9-15(12)17;/h2,4,9,11,14H,3,5-8,10,19H2,1H3;1H. The van der Waals surface area contributed by atoms with Crippen molar-refractivity contribution in [3.05, 3.63) is 34.6 Å². The van der Waals surface area contributed by atoms with E-state index in [0.717, 1.165) is 24.8 Å². The minimum atomic E-state index is -0.384. The highest BCUT2D eigenvalue weighted by Crippen LogP contribution is 2.27. The predicted octanol–water partition coefficient (Wildman–Crippen LogP) is 3.00. The van der Waals surface area contributed by atoms with E-state index in [4.69, 9.17) is 22.1 Å². The predicted molar refractivity (Wildman–Crippen MR) is 91.3 cm³/mol. The van der Waals surface area contributed by atoms with Gasteiger partial charge in [0.1, 0.15) is 5.82 Å². The number of hydrogen-bond acceptors (Lipinski definition) is 3. The van der Waals surface area contributed by atoms with Crippen LogP contribution in [0.15, 0.2) is 18.2 Å². The summed E-state index contributed by atoms with van der Waals surface area (Å²) in [6, 6.07) is 4.34. The zero-order valence-corrected chi connectivity index (χ0v) is 14.7. The van der Waals surface area contributed by atoms with Crippen LogP contribution in [0, 0.1) is 11.7 Å². The van der Waals surface area contributed by atoms with Crippen molar-refractivity contribution in [1.29, 1.82) is 0 Å². The maximum absolute atomic E-state index is 13.1. The lowest BCUT2D eigenvalue weighted by atomic mass is 10.1. The summed E-state index contributed by atoms with van der Waals surface area (Å²) >= 11 is 6.07. The zero-order chi connectivity index (χ0) is 16.1. The Morgan fingerprint density at radius 3 is 2.78 bits per heavy atom. The van der Waals surface area contributed by atoms with Crippen LogP contribution in [-0.4, -0.2) is 37.1 Å². The lowest BCUT2D eigenvalue weighted by Gasteiger charge is -2.26. The van der Waals surface area contributed by atoms with Gasteiger partial charge in [-0.15, -0.1) is 12.4 Å². The molecule has 2 rings (SSSR count). The Morgan fingerprint density at radius 2 is 2.22 bits per heavy atom. The Hall–Kier alpha value is -0.880. The third kappa shape index (κ3) is 5.60. The topological polar surface area (TPSA) is 55.6 Å². The minimum Gasteiger partial charge on any atom is -0.383 e. The molecule has 2 N–H and O–H groups in total. The van der Waals surface area contributed by atoms with E-state index >= 15 is 0 Å². The lowest BCUT2D eigenvalue weighted by Crippen LogP contribution is -2.37. The second kappa shape index (κ2) is 9.42. The Balaban J connectivity index is 0.00000264. The number of ether oxygens (including phenoxy) is 1. The first kappa shape index (κ1) is 20.2. The van der Waals surface area contributed by atoms with Gasteiger partial charge in [-0.3, -0.25) is 4.79 Å². The van der Waals surface area contributed by atoms with E-state index in [0.29, 0.717) is 24.7 Å². The summed E-state index contributed by atoms with van der Waals surface area (Å²) in [5.41, 5.74) is 6.63. The fraction of sp³-hybridized carbons (Fsp3) is 0.562. The normalized spacial score (nSPS) is 20.2. The first-order valence-electron chi connectivity index (χ1n) is 7.48. The molecule has 2 atom stereocenters. The van der Waals surface area contributed by atoms with Gasteiger partial charge in [0.15, 0.2) is 0 Å². The molecule has 1 aromatic rings. The highest BCUT2D eigenvalue weighted by molar-refractivity contribution is 6.31. The Morgan fingerprint density at radius 1 is 1.48 bits per heavy atom. The molecule has 0 saturated heterocycles. The Bertz CT molecular complexity index is 531. The van der Waals surface area contributed by atoms with Crippen LogP contribution in [-0.2, 0) is 16.1 Å². The van der Waals surface area contributed by atoms with Gasteiger partial charge in [0, 0.05) is 37.2 Å². The summed E-state index contributed by atoms with van der Waals surface area (Å²) in [4.78, 5) is 14.4. The molecule has 0 spiro atoms. The first-order chi connectivity index (χ1) is 10.5. The maximum Gasteiger partial charge on any atom is 0.226 e. The van der Waals surface area contributed by atoms with Crippen LogP contribution < -0.4 is 5.73 Å². The minimum absolute atomic E-state index is 0. The quantitative estimate of drug-likeness (QED) is 0.843. The van der Waals surface area contributed by atoms with Crippen molar-refractivity contribution >= 4 is 29.9 Å². The molecule has 1 saturated carbocycles. The van der Waals surface area contributed by atoms with Gasteiger partial charge in [0.25, 0.3) is 0 Å². The van der Waals surface area contributed by atoms with Crippen molar-refractivity contribution in [2.45, 2.75) is 31.8 Å². The van der Waals surface area contributed by atoms with E-state index in [1.807, 2.05) is 0 Å². The van der Waals surface area contributed by atoms with E-state index in [1.54, 1.807) is 18.1 Å². The molecule has 1 fully saturated rings. The van der Waals surface area contributed by atoms with E-state index in [1.165, 1.54) is 12.1 Å². The van der Waals surface area contributed by atoms with Gasteiger partial charge in [0.2, 0.25) is 5.91 Å². The highest BCUT2D eigenvalue weighted by Gasteiger charge is 2.31. The van der Waals surface area contributed by atoms with Crippen LogP contribution in [0.4, 0.5) is 4.39 Å². The summed E-state index contributed by atoms with van der Waals surface area (Å²) in [6.07, 6.45) is 2.42. The van der Waals surface area contributed by atoms with Crippen molar-refractivity contribution in [3.63, 3.8) is 0 Å². The lowest BCUT2D eigenvalue weighted by molar-refractivity contribution is -0.136. The number of methoxy groups -OCH3 is 1. The number of nitrogens with two attached hydrogens (primary N) is 1. The molecule has 0 heterocycles. The first-order valence-corrected chi connectivity index (χ1v) is 7.86. The van der Waals surface area contributed by atoms with E-state index < -0.39 is 0 Å². The Kier molecular flexibility index (Phi) is 8.26. The number of carbonyl (C=O) groups excluding carboxylic acids is 1. The molecule has 0 bridgehead atoms. The van der Waals surface area contributed by atoms with E-state index in [9.17, 15) is 9.18 Å². The van der Waals surface area contributed by atoms with Crippen molar-refractivity contribution in [2.75, 3.05) is 20.3 Å². The van der Waals surface area contributed by atoms with Gasteiger partial charge in [-0.2, -0.15) is 0 Å². The molecule has 1 aromatic carbocycles. The monoisotopic (exact) mass is 364 g/mol. The summed E-state index contributed by atoms with van der Waals surface area (Å²) in [5.74, 6) is -0.346. The Labute approximate surface area is 147 Å². The molecule has 1 amide bonds. The van der Waals surface area contributed by atoms with Gasteiger partial charge in [-0.1, -0.05) is 17.7 Å². The number of carbonyl (C=O) groups is 1. The molecule has 0 radical (unpaired) electrons. The van der Waals surface area contributed by atoms with Gasteiger partial charge >= 0.3 is 0 Å². The van der Waals surface area contributed by atoms with Crippen LogP contribution in [0.25, 0.3) is 0 Å². The third-order valence-corrected chi connectivity index (χ3v) is 4.43. The van der Waals surface area contributed by atoms with Crippen molar-refractivity contribution in [2.24, 2.45) is 11.7 Å². The molecule has 1 aliphatic rings. The molecular formula is C16H23Cl2FN2O2. The van der Waals surface area contributed by atoms with Crippen LogP contribution in [0.2, 0.25) is 5.02 Å². The fourth-order valence-electron chi connectivity index (χ4n) is 2.82. The van der Waals surface area contributed by atoms with Gasteiger partial charge in [-0.05, 0) is 37.0 Å². The number of benzene rings is 1. The van der Waals surface area contributed by atoms with Crippen LogP contribution >= 0.6 is 24.0 Å². The second-order valence-electron chi connectivity index (χ2n) is 5.76. The second-order valence-corrected chi connectivity index (χ2v) is 6.17. The van der Waals surface area contributed by atoms with Crippen molar-refractivity contribution < 1.29 is 13.9 Å². The molecule has 2 unspecified atom stereocenters. The van der Waals surface area contributed by atoms with Crippen LogP contribution in [0.5, 0.6) is 0 Å².